The highest BCUT2D eigenvalue weighted by Gasteiger charge is 2.21. The van der Waals surface area contributed by atoms with E-state index in [1.807, 2.05) is 38.1 Å². The lowest BCUT2D eigenvalue weighted by Crippen LogP contribution is -2.32. The van der Waals surface area contributed by atoms with Crippen LogP contribution in [-0.4, -0.2) is 41.5 Å². The Hall–Kier alpha value is -1.69. The van der Waals surface area contributed by atoms with Crippen molar-refractivity contribution in [1.29, 1.82) is 0 Å². The summed E-state index contributed by atoms with van der Waals surface area (Å²) in [6, 6.07) is 7.66. The van der Waals surface area contributed by atoms with Crippen LogP contribution in [0.3, 0.4) is 0 Å². The number of benzene rings is 1. The highest BCUT2D eigenvalue weighted by molar-refractivity contribution is 8.13. The van der Waals surface area contributed by atoms with Gasteiger partial charge in [0.2, 0.25) is 5.91 Å². The molecule has 1 saturated heterocycles. The minimum Gasteiger partial charge on any atom is -0.494 e. The van der Waals surface area contributed by atoms with Crippen LogP contribution in [0, 0.1) is 0 Å². The minimum absolute atomic E-state index is 0.0360. The van der Waals surface area contributed by atoms with E-state index < -0.39 is 0 Å². The van der Waals surface area contributed by atoms with Gasteiger partial charge < -0.3 is 15.0 Å². The molecule has 6 heteroatoms. The second-order valence-corrected chi connectivity index (χ2v) is 6.19. The summed E-state index contributed by atoms with van der Waals surface area (Å²) >= 11 is 1.32. The SMILES string of the molecule is CCOc1ccc(C(C)NC(=O)CCN2CCSC2=O)cc1. The van der Waals surface area contributed by atoms with Crippen molar-refractivity contribution in [3.63, 3.8) is 0 Å². The molecular weight excluding hydrogens is 300 g/mol. The van der Waals surface area contributed by atoms with Gasteiger partial charge in [-0.05, 0) is 31.5 Å². The first kappa shape index (κ1) is 16.7. The predicted octanol–water partition coefficient (Wildman–Crippen LogP) is 2.82. The maximum atomic E-state index is 12.0. The van der Waals surface area contributed by atoms with Crippen molar-refractivity contribution in [2.24, 2.45) is 0 Å². The Morgan fingerprint density at radius 3 is 2.73 bits per heavy atom. The Morgan fingerprint density at radius 2 is 2.14 bits per heavy atom. The van der Waals surface area contributed by atoms with E-state index in [1.54, 1.807) is 4.90 Å². The lowest BCUT2D eigenvalue weighted by atomic mass is 10.1. The first-order valence-corrected chi connectivity index (χ1v) is 8.52. The van der Waals surface area contributed by atoms with Gasteiger partial charge in [0.1, 0.15) is 5.75 Å². The molecule has 0 saturated carbocycles. The van der Waals surface area contributed by atoms with E-state index in [1.165, 1.54) is 11.8 Å². The van der Waals surface area contributed by atoms with Gasteiger partial charge in [-0.15, -0.1) is 0 Å². The number of ether oxygens (including phenoxy) is 1. The van der Waals surface area contributed by atoms with Crippen molar-refractivity contribution in [2.75, 3.05) is 25.4 Å². The van der Waals surface area contributed by atoms with E-state index in [4.69, 9.17) is 4.74 Å². The van der Waals surface area contributed by atoms with Gasteiger partial charge in [0.05, 0.1) is 12.6 Å². The summed E-state index contributed by atoms with van der Waals surface area (Å²) in [4.78, 5) is 25.2. The summed E-state index contributed by atoms with van der Waals surface area (Å²) < 4.78 is 5.40. The molecule has 1 atom stereocenters. The summed E-state index contributed by atoms with van der Waals surface area (Å²) in [7, 11) is 0. The van der Waals surface area contributed by atoms with Crippen LogP contribution in [0.5, 0.6) is 5.75 Å². The molecule has 1 unspecified atom stereocenters. The summed E-state index contributed by atoms with van der Waals surface area (Å²) in [5, 5.41) is 3.04. The van der Waals surface area contributed by atoms with Crippen molar-refractivity contribution < 1.29 is 14.3 Å². The summed E-state index contributed by atoms with van der Waals surface area (Å²) in [6.07, 6.45) is 0.341. The van der Waals surface area contributed by atoms with E-state index >= 15 is 0 Å². The van der Waals surface area contributed by atoms with Crippen LogP contribution in [-0.2, 0) is 4.79 Å². The molecule has 2 rings (SSSR count). The van der Waals surface area contributed by atoms with Gasteiger partial charge in [-0.3, -0.25) is 9.59 Å². The van der Waals surface area contributed by atoms with Crippen molar-refractivity contribution in [3.8, 4) is 5.75 Å². The third kappa shape index (κ3) is 4.66. The van der Waals surface area contributed by atoms with Gasteiger partial charge in [-0.1, -0.05) is 23.9 Å². The van der Waals surface area contributed by atoms with Crippen molar-refractivity contribution in [2.45, 2.75) is 26.3 Å². The van der Waals surface area contributed by atoms with E-state index in [0.717, 1.165) is 23.6 Å². The second-order valence-electron chi connectivity index (χ2n) is 5.14. The molecule has 1 aromatic rings. The number of carbonyl (C=O) groups is 2. The maximum absolute atomic E-state index is 12.0. The topological polar surface area (TPSA) is 58.6 Å². The van der Waals surface area contributed by atoms with E-state index in [-0.39, 0.29) is 17.2 Å². The zero-order chi connectivity index (χ0) is 15.9. The number of thioether (sulfide) groups is 1. The normalized spacial score (nSPS) is 15.7. The molecule has 0 aromatic heterocycles. The smallest absolute Gasteiger partial charge is 0.281 e. The monoisotopic (exact) mass is 322 g/mol. The molecule has 1 N–H and O–H groups in total. The summed E-state index contributed by atoms with van der Waals surface area (Å²) in [5.74, 6) is 1.61. The Bertz CT molecular complexity index is 519. The van der Waals surface area contributed by atoms with Crippen LogP contribution in [0.1, 0.15) is 31.9 Å². The number of nitrogens with zero attached hydrogens (tertiary/aromatic N) is 1. The number of rotatable bonds is 7. The average Bonchev–Trinajstić information content (AvgIpc) is 2.91. The fraction of sp³-hybridized carbons (Fsp3) is 0.500. The van der Waals surface area contributed by atoms with E-state index in [0.29, 0.717) is 19.6 Å². The summed E-state index contributed by atoms with van der Waals surface area (Å²) in [5.41, 5.74) is 1.03. The third-order valence-electron chi connectivity index (χ3n) is 3.52. The number of carbonyl (C=O) groups excluding carboxylic acids is 2. The van der Waals surface area contributed by atoms with Gasteiger partial charge in [0, 0.05) is 25.3 Å². The molecule has 1 heterocycles. The lowest BCUT2D eigenvalue weighted by molar-refractivity contribution is -0.121. The zero-order valence-electron chi connectivity index (χ0n) is 13.0. The Morgan fingerprint density at radius 1 is 1.41 bits per heavy atom. The standard InChI is InChI=1S/C16H22N2O3S/c1-3-21-14-6-4-13(5-7-14)12(2)17-15(19)8-9-18-10-11-22-16(18)20/h4-7,12H,3,8-11H2,1-2H3,(H,17,19). The predicted molar refractivity (Wildman–Crippen MR) is 88.2 cm³/mol. The molecule has 5 nitrogen and oxygen atoms in total. The molecule has 1 aromatic carbocycles. The van der Waals surface area contributed by atoms with Gasteiger partial charge in [0.25, 0.3) is 5.24 Å². The fourth-order valence-corrected chi connectivity index (χ4v) is 3.13. The van der Waals surface area contributed by atoms with E-state index in [2.05, 4.69) is 5.32 Å². The largest absolute Gasteiger partial charge is 0.494 e. The lowest BCUT2D eigenvalue weighted by Gasteiger charge is -2.17. The molecule has 22 heavy (non-hydrogen) atoms. The molecular formula is C16H22N2O3S. The van der Waals surface area contributed by atoms with Crippen LogP contribution in [0.4, 0.5) is 4.79 Å². The van der Waals surface area contributed by atoms with Crippen LogP contribution in [0.2, 0.25) is 0 Å². The average molecular weight is 322 g/mol. The zero-order valence-corrected chi connectivity index (χ0v) is 13.8. The minimum atomic E-state index is -0.0631. The van der Waals surface area contributed by atoms with Gasteiger partial charge in [-0.2, -0.15) is 0 Å². The van der Waals surface area contributed by atoms with Crippen LogP contribution < -0.4 is 10.1 Å². The molecule has 0 spiro atoms. The number of hydrogen-bond acceptors (Lipinski definition) is 4. The van der Waals surface area contributed by atoms with Crippen LogP contribution >= 0.6 is 11.8 Å². The molecule has 0 bridgehead atoms. The highest BCUT2D eigenvalue weighted by atomic mass is 32.2. The number of amides is 2. The molecule has 2 amide bonds. The Balaban J connectivity index is 1.78. The molecule has 120 valence electrons. The van der Waals surface area contributed by atoms with Crippen molar-refractivity contribution in [1.82, 2.24) is 10.2 Å². The van der Waals surface area contributed by atoms with Gasteiger partial charge in [-0.25, -0.2) is 0 Å². The second kappa shape index (κ2) is 8.08. The number of hydrogen-bond donors (Lipinski definition) is 1. The van der Waals surface area contributed by atoms with E-state index in [9.17, 15) is 9.59 Å². The molecule has 1 fully saturated rings. The van der Waals surface area contributed by atoms with Gasteiger partial charge >= 0.3 is 0 Å². The van der Waals surface area contributed by atoms with Crippen molar-refractivity contribution in [3.05, 3.63) is 29.8 Å². The summed E-state index contributed by atoms with van der Waals surface area (Å²) in [6.45, 7) is 5.77. The molecule has 1 aliphatic rings. The fourth-order valence-electron chi connectivity index (χ4n) is 2.28. The first-order valence-electron chi connectivity index (χ1n) is 7.54. The highest BCUT2D eigenvalue weighted by Crippen LogP contribution is 2.19. The third-order valence-corrected chi connectivity index (χ3v) is 4.41. The van der Waals surface area contributed by atoms with Crippen molar-refractivity contribution >= 4 is 22.9 Å². The van der Waals surface area contributed by atoms with Crippen LogP contribution in [0.25, 0.3) is 0 Å². The first-order chi connectivity index (χ1) is 10.6. The maximum Gasteiger partial charge on any atom is 0.281 e. The molecule has 0 radical (unpaired) electrons. The van der Waals surface area contributed by atoms with Crippen LogP contribution in [0.15, 0.2) is 24.3 Å². The molecule has 1 aliphatic heterocycles. The van der Waals surface area contributed by atoms with Gasteiger partial charge in [0.15, 0.2) is 0 Å². The molecule has 0 aliphatic carbocycles. The quantitative estimate of drug-likeness (QED) is 0.838. The Kier molecular flexibility index (Phi) is 6.12. The Labute approximate surface area is 135 Å². The number of nitrogens with one attached hydrogen (secondary N) is 1.